The van der Waals surface area contributed by atoms with Crippen LogP contribution >= 0.6 is 11.6 Å². The SMILES string of the molecule is CCCOc1ccc(Cl)cc1C(=O)N1CCCC(N2CCNCC2=O)C1. The van der Waals surface area contributed by atoms with Gasteiger partial charge in [-0.15, -0.1) is 0 Å². The van der Waals surface area contributed by atoms with Gasteiger partial charge in [-0.1, -0.05) is 18.5 Å². The van der Waals surface area contributed by atoms with Gasteiger partial charge in [0.1, 0.15) is 5.75 Å². The Bertz CT molecular complexity index is 667. The summed E-state index contributed by atoms with van der Waals surface area (Å²) in [5.74, 6) is 0.609. The Morgan fingerprint density at radius 2 is 2.23 bits per heavy atom. The lowest BCUT2D eigenvalue weighted by Gasteiger charge is -2.41. The molecule has 0 aliphatic carbocycles. The molecule has 1 aromatic rings. The number of piperazine rings is 1. The van der Waals surface area contributed by atoms with E-state index in [9.17, 15) is 9.59 Å². The number of ether oxygens (including phenoxy) is 1. The van der Waals surface area contributed by atoms with Crippen LogP contribution in [0.2, 0.25) is 5.02 Å². The van der Waals surface area contributed by atoms with Gasteiger partial charge >= 0.3 is 0 Å². The van der Waals surface area contributed by atoms with Gasteiger partial charge in [-0.05, 0) is 37.5 Å². The number of hydrogen-bond donors (Lipinski definition) is 1. The lowest BCUT2D eigenvalue weighted by Crippen LogP contribution is -2.57. The van der Waals surface area contributed by atoms with Gasteiger partial charge in [0, 0.05) is 37.2 Å². The van der Waals surface area contributed by atoms with E-state index in [0.29, 0.717) is 49.1 Å². The maximum Gasteiger partial charge on any atom is 0.257 e. The zero-order chi connectivity index (χ0) is 18.5. The highest BCUT2D eigenvalue weighted by Gasteiger charge is 2.32. The Kier molecular flexibility index (Phi) is 6.38. The number of piperidine rings is 1. The van der Waals surface area contributed by atoms with Crippen LogP contribution in [-0.4, -0.2) is 67.0 Å². The quantitative estimate of drug-likeness (QED) is 0.851. The molecule has 142 valence electrons. The predicted molar refractivity (Wildman–Crippen MR) is 101 cm³/mol. The maximum absolute atomic E-state index is 13.1. The summed E-state index contributed by atoms with van der Waals surface area (Å²) in [6.45, 7) is 5.72. The average molecular weight is 380 g/mol. The van der Waals surface area contributed by atoms with Crippen molar-refractivity contribution in [1.29, 1.82) is 0 Å². The third-order valence-corrected chi connectivity index (χ3v) is 5.12. The van der Waals surface area contributed by atoms with Gasteiger partial charge in [-0.25, -0.2) is 0 Å². The lowest BCUT2D eigenvalue weighted by atomic mass is 10.0. The summed E-state index contributed by atoms with van der Waals surface area (Å²) < 4.78 is 5.73. The van der Waals surface area contributed by atoms with Crippen LogP contribution in [0.5, 0.6) is 5.75 Å². The van der Waals surface area contributed by atoms with Gasteiger partial charge in [-0.2, -0.15) is 0 Å². The Hall–Kier alpha value is -1.79. The summed E-state index contributed by atoms with van der Waals surface area (Å²) in [5, 5.41) is 3.61. The molecular weight excluding hydrogens is 354 g/mol. The minimum Gasteiger partial charge on any atom is -0.493 e. The van der Waals surface area contributed by atoms with Gasteiger partial charge in [-0.3, -0.25) is 9.59 Å². The maximum atomic E-state index is 13.1. The van der Waals surface area contributed by atoms with E-state index in [-0.39, 0.29) is 17.9 Å². The molecule has 1 atom stereocenters. The van der Waals surface area contributed by atoms with Gasteiger partial charge in [0.2, 0.25) is 5.91 Å². The molecular formula is C19H26ClN3O3. The summed E-state index contributed by atoms with van der Waals surface area (Å²) in [4.78, 5) is 29.0. The van der Waals surface area contributed by atoms with E-state index in [2.05, 4.69) is 5.32 Å². The van der Waals surface area contributed by atoms with Crippen LogP contribution in [0.4, 0.5) is 0 Å². The molecule has 2 amide bonds. The number of benzene rings is 1. The molecule has 2 heterocycles. The van der Waals surface area contributed by atoms with Crippen LogP contribution in [0.25, 0.3) is 0 Å². The van der Waals surface area contributed by atoms with E-state index < -0.39 is 0 Å². The summed E-state index contributed by atoms with van der Waals surface area (Å²) >= 11 is 6.12. The first-order valence-electron chi connectivity index (χ1n) is 9.32. The number of carbonyl (C=O) groups is 2. The van der Waals surface area contributed by atoms with Crippen molar-refractivity contribution in [1.82, 2.24) is 15.1 Å². The predicted octanol–water partition coefficient (Wildman–Crippen LogP) is 2.17. The normalized spacial score (nSPS) is 21.0. The molecule has 0 spiro atoms. The van der Waals surface area contributed by atoms with Crippen molar-refractivity contribution >= 4 is 23.4 Å². The number of rotatable bonds is 5. The lowest BCUT2D eigenvalue weighted by molar-refractivity contribution is -0.135. The fourth-order valence-corrected chi connectivity index (χ4v) is 3.75. The number of hydrogen-bond acceptors (Lipinski definition) is 4. The van der Waals surface area contributed by atoms with Gasteiger partial charge in [0.05, 0.1) is 18.7 Å². The second kappa shape index (κ2) is 8.73. The van der Waals surface area contributed by atoms with Crippen molar-refractivity contribution < 1.29 is 14.3 Å². The van der Waals surface area contributed by atoms with E-state index in [4.69, 9.17) is 16.3 Å². The van der Waals surface area contributed by atoms with Crippen molar-refractivity contribution in [3.05, 3.63) is 28.8 Å². The minimum atomic E-state index is -0.0779. The highest BCUT2D eigenvalue weighted by Crippen LogP contribution is 2.27. The second-order valence-electron chi connectivity index (χ2n) is 6.80. The van der Waals surface area contributed by atoms with Crippen LogP contribution < -0.4 is 10.1 Å². The molecule has 1 unspecified atom stereocenters. The molecule has 0 saturated carbocycles. The zero-order valence-electron chi connectivity index (χ0n) is 15.2. The molecule has 6 nitrogen and oxygen atoms in total. The molecule has 2 fully saturated rings. The van der Waals surface area contributed by atoms with Gasteiger partial charge in [0.15, 0.2) is 0 Å². The van der Waals surface area contributed by atoms with Gasteiger partial charge < -0.3 is 19.9 Å². The molecule has 0 radical (unpaired) electrons. The van der Waals surface area contributed by atoms with E-state index in [1.807, 2.05) is 16.7 Å². The molecule has 7 heteroatoms. The van der Waals surface area contributed by atoms with Crippen molar-refractivity contribution in [3.63, 3.8) is 0 Å². The Balaban J connectivity index is 1.75. The minimum absolute atomic E-state index is 0.0779. The second-order valence-corrected chi connectivity index (χ2v) is 7.24. The number of carbonyl (C=O) groups excluding carboxylic acids is 2. The number of halogens is 1. The number of likely N-dealkylation sites (tertiary alicyclic amines) is 1. The molecule has 1 N–H and O–H groups in total. The third-order valence-electron chi connectivity index (χ3n) is 4.88. The third kappa shape index (κ3) is 4.30. The fraction of sp³-hybridized carbons (Fsp3) is 0.579. The standard InChI is InChI=1S/C19H26ClN3O3/c1-2-10-26-17-6-5-14(20)11-16(17)19(25)22-8-3-4-15(13-22)23-9-7-21-12-18(23)24/h5-6,11,15,21H,2-4,7-10,12-13H2,1H3. The summed E-state index contributed by atoms with van der Waals surface area (Å²) in [7, 11) is 0. The Morgan fingerprint density at radius 3 is 3.00 bits per heavy atom. The summed E-state index contributed by atoms with van der Waals surface area (Å²) in [6, 6.07) is 5.25. The molecule has 26 heavy (non-hydrogen) atoms. The average Bonchev–Trinajstić information content (AvgIpc) is 2.67. The van der Waals surface area contributed by atoms with E-state index in [1.54, 1.807) is 18.2 Å². The Morgan fingerprint density at radius 1 is 1.38 bits per heavy atom. The first kappa shape index (κ1) is 19.0. The van der Waals surface area contributed by atoms with Gasteiger partial charge in [0.25, 0.3) is 5.91 Å². The molecule has 2 aliphatic heterocycles. The summed E-state index contributed by atoms with van der Waals surface area (Å²) in [6.07, 6.45) is 2.69. The van der Waals surface area contributed by atoms with Crippen LogP contribution in [0.3, 0.4) is 0 Å². The molecule has 2 saturated heterocycles. The molecule has 2 aliphatic rings. The van der Waals surface area contributed by atoms with Crippen molar-refractivity contribution in [3.8, 4) is 5.75 Å². The van der Waals surface area contributed by atoms with Crippen LogP contribution in [0.1, 0.15) is 36.5 Å². The number of nitrogens with zero attached hydrogens (tertiary/aromatic N) is 2. The van der Waals surface area contributed by atoms with Crippen LogP contribution in [0.15, 0.2) is 18.2 Å². The number of amides is 2. The molecule has 0 bridgehead atoms. The van der Waals surface area contributed by atoms with Crippen LogP contribution in [0, 0.1) is 0 Å². The number of nitrogens with one attached hydrogen (secondary N) is 1. The highest BCUT2D eigenvalue weighted by molar-refractivity contribution is 6.31. The topological polar surface area (TPSA) is 61.9 Å². The fourth-order valence-electron chi connectivity index (χ4n) is 3.58. The molecule has 3 rings (SSSR count). The highest BCUT2D eigenvalue weighted by atomic mass is 35.5. The molecule has 1 aromatic carbocycles. The van der Waals surface area contributed by atoms with Crippen molar-refractivity contribution in [2.75, 3.05) is 39.3 Å². The van der Waals surface area contributed by atoms with Crippen molar-refractivity contribution in [2.45, 2.75) is 32.2 Å². The smallest absolute Gasteiger partial charge is 0.257 e. The first-order valence-corrected chi connectivity index (χ1v) is 9.69. The van der Waals surface area contributed by atoms with E-state index >= 15 is 0 Å². The van der Waals surface area contributed by atoms with E-state index in [0.717, 1.165) is 25.8 Å². The first-order chi connectivity index (χ1) is 12.6. The van der Waals surface area contributed by atoms with Crippen molar-refractivity contribution in [2.24, 2.45) is 0 Å². The zero-order valence-corrected chi connectivity index (χ0v) is 15.9. The van der Waals surface area contributed by atoms with E-state index in [1.165, 1.54) is 0 Å². The molecule has 0 aromatic heterocycles. The monoisotopic (exact) mass is 379 g/mol. The van der Waals surface area contributed by atoms with Crippen LogP contribution in [-0.2, 0) is 4.79 Å². The summed E-state index contributed by atoms with van der Waals surface area (Å²) in [5.41, 5.74) is 0.498. The largest absolute Gasteiger partial charge is 0.493 e. The Labute approximate surface area is 159 Å².